The number of carboxylic acid groups (broad SMARTS) is 1. The second kappa shape index (κ2) is 6.98. The highest BCUT2D eigenvalue weighted by Crippen LogP contribution is 2.48. The molecule has 1 heterocycles. The van der Waals surface area contributed by atoms with Crippen LogP contribution in [0.1, 0.15) is 38.0 Å². The molecule has 142 valence electrons. The Morgan fingerprint density at radius 3 is 2.56 bits per heavy atom. The van der Waals surface area contributed by atoms with Crippen LogP contribution in [0.15, 0.2) is 47.5 Å². The van der Waals surface area contributed by atoms with E-state index in [4.69, 9.17) is 10.5 Å². The summed E-state index contributed by atoms with van der Waals surface area (Å²) in [6.45, 7) is 5.29. The van der Waals surface area contributed by atoms with Gasteiger partial charge >= 0.3 is 11.9 Å². The standard InChI is InChI=1S/C20H22N2O4S/c1-19(2,3)26-18(25)17-22-20(21,11-15(23)24)16(27-17)14-10-6-8-12-7-4-5-9-13(12)14/h4-10,16H,11,21H2,1-3H3,(H,23,24). The number of hydrogen-bond donors (Lipinski definition) is 2. The molecule has 0 spiro atoms. The summed E-state index contributed by atoms with van der Waals surface area (Å²) in [4.78, 5) is 28.2. The molecule has 3 rings (SSSR count). The predicted molar refractivity (Wildman–Crippen MR) is 107 cm³/mol. The zero-order valence-corrected chi connectivity index (χ0v) is 16.2. The van der Waals surface area contributed by atoms with Gasteiger partial charge in [-0.15, -0.1) is 0 Å². The summed E-state index contributed by atoms with van der Waals surface area (Å²) in [5.41, 5.74) is 5.16. The van der Waals surface area contributed by atoms with Gasteiger partial charge in [0.05, 0.1) is 11.7 Å². The van der Waals surface area contributed by atoms with Crippen molar-refractivity contribution in [3.63, 3.8) is 0 Å². The Bertz CT molecular complexity index is 930. The average Bonchev–Trinajstić information content (AvgIpc) is 2.89. The van der Waals surface area contributed by atoms with E-state index in [0.717, 1.165) is 28.1 Å². The fourth-order valence-electron chi connectivity index (χ4n) is 3.09. The Balaban J connectivity index is 2.04. The SMILES string of the molecule is CC(C)(C)OC(=O)C1=NC(N)(CC(=O)O)C(c2cccc3ccccc23)S1. The second-order valence-corrected chi connectivity index (χ2v) is 8.64. The molecular weight excluding hydrogens is 364 g/mol. The van der Waals surface area contributed by atoms with Crippen molar-refractivity contribution in [3.05, 3.63) is 48.0 Å². The summed E-state index contributed by atoms with van der Waals surface area (Å²) in [6.07, 6.45) is -0.389. The topological polar surface area (TPSA) is 102 Å². The van der Waals surface area contributed by atoms with E-state index in [0.29, 0.717) is 0 Å². The summed E-state index contributed by atoms with van der Waals surface area (Å²) < 4.78 is 5.40. The molecule has 0 bridgehead atoms. The van der Waals surface area contributed by atoms with Crippen LogP contribution >= 0.6 is 11.8 Å². The Labute approximate surface area is 161 Å². The number of aliphatic imine (C=N–C) groups is 1. The Hall–Kier alpha value is -2.38. The molecule has 2 atom stereocenters. The van der Waals surface area contributed by atoms with E-state index in [-0.39, 0.29) is 11.5 Å². The van der Waals surface area contributed by atoms with Gasteiger partial charge in [0.15, 0.2) is 5.04 Å². The molecule has 6 nitrogen and oxygen atoms in total. The lowest BCUT2D eigenvalue weighted by Crippen LogP contribution is -2.42. The number of thioether (sulfide) groups is 1. The zero-order valence-electron chi connectivity index (χ0n) is 15.4. The van der Waals surface area contributed by atoms with Crippen LogP contribution in [0.5, 0.6) is 0 Å². The molecule has 0 aromatic heterocycles. The van der Waals surface area contributed by atoms with Gasteiger partial charge in [0.1, 0.15) is 11.3 Å². The number of hydrogen-bond acceptors (Lipinski definition) is 6. The van der Waals surface area contributed by atoms with E-state index in [2.05, 4.69) is 4.99 Å². The van der Waals surface area contributed by atoms with E-state index in [1.54, 1.807) is 20.8 Å². The number of benzene rings is 2. The molecule has 0 radical (unpaired) electrons. The van der Waals surface area contributed by atoms with Gasteiger partial charge in [-0.3, -0.25) is 4.79 Å². The van der Waals surface area contributed by atoms with Crippen molar-refractivity contribution in [2.45, 2.75) is 43.7 Å². The minimum atomic E-state index is -1.44. The van der Waals surface area contributed by atoms with Crippen molar-refractivity contribution >= 4 is 39.5 Å². The number of esters is 1. The number of rotatable bonds is 4. The van der Waals surface area contributed by atoms with Crippen molar-refractivity contribution in [2.75, 3.05) is 0 Å². The molecular formula is C20H22N2O4S. The minimum Gasteiger partial charge on any atom is -0.481 e. The van der Waals surface area contributed by atoms with Crippen molar-refractivity contribution in [2.24, 2.45) is 10.7 Å². The van der Waals surface area contributed by atoms with Gasteiger partial charge in [-0.05, 0) is 37.1 Å². The first kappa shape index (κ1) is 19.4. The summed E-state index contributed by atoms with van der Waals surface area (Å²) in [5.74, 6) is -1.66. The van der Waals surface area contributed by atoms with Crippen LogP contribution in [-0.2, 0) is 14.3 Å². The summed E-state index contributed by atoms with van der Waals surface area (Å²) >= 11 is 1.16. The van der Waals surface area contributed by atoms with Crippen LogP contribution in [0.4, 0.5) is 0 Å². The molecule has 3 N–H and O–H groups in total. The number of carbonyl (C=O) groups is 2. The third kappa shape index (κ3) is 4.14. The molecule has 1 aliphatic heterocycles. The third-order valence-corrected chi connectivity index (χ3v) is 5.49. The van der Waals surface area contributed by atoms with E-state index >= 15 is 0 Å². The van der Waals surface area contributed by atoms with Gasteiger partial charge in [0.25, 0.3) is 0 Å². The van der Waals surface area contributed by atoms with E-state index in [9.17, 15) is 14.7 Å². The molecule has 2 unspecified atom stereocenters. The first-order valence-corrected chi connectivity index (χ1v) is 9.45. The normalized spacial score (nSPS) is 22.5. The Kier molecular flexibility index (Phi) is 5.01. The molecule has 0 saturated carbocycles. The predicted octanol–water partition coefficient (Wildman–Crippen LogP) is 3.50. The van der Waals surface area contributed by atoms with Crippen molar-refractivity contribution in [3.8, 4) is 0 Å². The number of nitrogens with zero attached hydrogens (tertiary/aromatic N) is 1. The maximum absolute atomic E-state index is 12.5. The van der Waals surface area contributed by atoms with E-state index in [1.165, 1.54) is 0 Å². The van der Waals surface area contributed by atoms with Gasteiger partial charge in [-0.25, -0.2) is 9.79 Å². The van der Waals surface area contributed by atoms with Crippen LogP contribution < -0.4 is 5.73 Å². The number of carbonyl (C=O) groups excluding carboxylic acids is 1. The monoisotopic (exact) mass is 386 g/mol. The third-order valence-electron chi connectivity index (χ3n) is 4.11. The van der Waals surface area contributed by atoms with Crippen molar-refractivity contribution < 1.29 is 19.4 Å². The van der Waals surface area contributed by atoms with Crippen LogP contribution in [-0.4, -0.2) is 33.4 Å². The fourth-order valence-corrected chi connectivity index (χ4v) is 4.35. The Morgan fingerprint density at radius 1 is 1.22 bits per heavy atom. The minimum absolute atomic E-state index is 0.103. The number of ether oxygens (including phenoxy) is 1. The smallest absolute Gasteiger partial charge is 0.363 e. The van der Waals surface area contributed by atoms with Crippen LogP contribution in [0.2, 0.25) is 0 Å². The number of nitrogens with two attached hydrogens (primary N) is 1. The lowest BCUT2D eigenvalue weighted by Gasteiger charge is -2.27. The highest BCUT2D eigenvalue weighted by molar-refractivity contribution is 8.16. The number of aliphatic carboxylic acids is 1. The summed E-state index contributed by atoms with van der Waals surface area (Å²) in [7, 11) is 0. The maximum atomic E-state index is 12.5. The van der Waals surface area contributed by atoms with Gasteiger partial charge in [0.2, 0.25) is 0 Å². The summed E-state index contributed by atoms with van der Waals surface area (Å²) in [6, 6.07) is 13.5. The lowest BCUT2D eigenvalue weighted by molar-refractivity contribution is -0.146. The molecule has 2 aromatic rings. The maximum Gasteiger partial charge on any atom is 0.363 e. The average molecular weight is 386 g/mol. The summed E-state index contributed by atoms with van der Waals surface area (Å²) in [5, 5.41) is 10.9. The number of fused-ring (bicyclic) bond motifs is 1. The highest BCUT2D eigenvalue weighted by Gasteiger charge is 2.47. The first-order chi connectivity index (χ1) is 12.6. The second-order valence-electron chi connectivity index (χ2n) is 7.55. The molecule has 0 aliphatic carbocycles. The molecule has 27 heavy (non-hydrogen) atoms. The van der Waals surface area contributed by atoms with Gasteiger partial charge < -0.3 is 15.6 Å². The van der Waals surface area contributed by atoms with Crippen LogP contribution in [0, 0.1) is 0 Å². The van der Waals surface area contributed by atoms with E-state index < -0.39 is 28.5 Å². The first-order valence-electron chi connectivity index (χ1n) is 8.57. The fraction of sp³-hybridized carbons (Fsp3) is 0.350. The van der Waals surface area contributed by atoms with Gasteiger partial charge in [0, 0.05) is 0 Å². The molecule has 7 heteroatoms. The Morgan fingerprint density at radius 2 is 1.89 bits per heavy atom. The van der Waals surface area contributed by atoms with E-state index in [1.807, 2.05) is 42.5 Å². The van der Waals surface area contributed by atoms with Crippen molar-refractivity contribution in [1.82, 2.24) is 0 Å². The van der Waals surface area contributed by atoms with Gasteiger partial charge in [-0.2, -0.15) is 0 Å². The molecule has 0 amide bonds. The molecule has 0 fully saturated rings. The molecule has 2 aromatic carbocycles. The van der Waals surface area contributed by atoms with Crippen molar-refractivity contribution in [1.29, 1.82) is 0 Å². The van der Waals surface area contributed by atoms with Crippen LogP contribution in [0.3, 0.4) is 0 Å². The largest absolute Gasteiger partial charge is 0.481 e. The molecule has 1 aliphatic rings. The van der Waals surface area contributed by atoms with Crippen LogP contribution in [0.25, 0.3) is 10.8 Å². The molecule has 0 saturated heterocycles. The lowest BCUT2D eigenvalue weighted by atomic mass is 9.93. The number of carboxylic acids is 1. The quantitative estimate of drug-likeness (QED) is 0.780. The van der Waals surface area contributed by atoms with Gasteiger partial charge in [-0.1, -0.05) is 54.2 Å². The highest BCUT2D eigenvalue weighted by atomic mass is 32.2. The zero-order chi connectivity index (χ0) is 19.8.